The van der Waals surface area contributed by atoms with E-state index in [0.717, 1.165) is 25.7 Å². The zero-order valence-corrected chi connectivity index (χ0v) is 6.55. The molecule has 0 saturated heterocycles. The van der Waals surface area contributed by atoms with Crippen LogP contribution in [-0.2, 0) is 4.89 Å². The van der Waals surface area contributed by atoms with Gasteiger partial charge in [-0.15, -0.1) is 0 Å². The summed E-state index contributed by atoms with van der Waals surface area (Å²) in [6.45, 7) is 2.58. The van der Waals surface area contributed by atoms with E-state index >= 15 is 0 Å². The van der Waals surface area contributed by atoms with Gasteiger partial charge >= 0.3 is 0 Å². The molecule has 0 aromatic heterocycles. The molecule has 0 aliphatic rings. The molecule has 0 bridgehead atoms. The summed E-state index contributed by atoms with van der Waals surface area (Å²) in [5.74, 6) is 0. The van der Waals surface area contributed by atoms with Gasteiger partial charge in [0, 0.05) is 0 Å². The molecular formula is C8H16O2. The molecule has 0 aliphatic carbocycles. The Balaban J connectivity index is 2.83. The Morgan fingerprint density at radius 2 is 2.10 bits per heavy atom. The van der Waals surface area contributed by atoms with E-state index in [1.54, 1.807) is 0 Å². The lowest BCUT2D eigenvalue weighted by molar-refractivity contribution is -0.242. The quantitative estimate of drug-likeness (QED) is 0.269. The fourth-order valence-electron chi connectivity index (χ4n) is 0.713. The SMILES string of the molecule is CC/C=C\CCCCOO. The molecule has 1 N–H and O–H groups in total. The van der Waals surface area contributed by atoms with Gasteiger partial charge in [-0.2, -0.15) is 0 Å². The van der Waals surface area contributed by atoms with Crippen molar-refractivity contribution >= 4 is 0 Å². The third kappa shape index (κ3) is 7.66. The van der Waals surface area contributed by atoms with E-state index < -0.39 is 0 Å². The third-order valence-electron chi connectivity index (χ3n) is 1.26. The molecule has 0 aliphatic heterocycles. The van der Waals surface area contributed by atoms with Crippen molar-refractivity contribution in [1.82, 2.24) is 0 Å². The van der Waals surface area contributed by atoms with Crippen molar-refractivity contribution in [3.05, 3.63) is 12.2 Å². The van der Waals surface area contributed by atoms with Crippen LogP contribution in [0.3, 0.4) is 0 Å². The summed E-state index contributed by atoms with van der Waals surface area (Å²) in [6, 6.07) is 0. The molecule has 10 heavy (non-hydrogen) atoms. The minimum Gasteiger partial charge on any atom is -0.252 e. The lowest BCUT2D eigenvalue weighted by Crippen LogP contribution is -1.87. The van der Waals surface area contributed by atoms with Gasteiger partial charge in [0.25, 0.3) is 0 Å². The van der Waals surface area contributed by atoms with Gasteiger partial charge in [-0.3, -0.25) is 5.26 Å². The minimum absolute atomic E-state index is 0.458. The van der Waals surface area contributed by atoms with Gasteiger partial charge in [-0.05, 0) is 25.7 Å². The average Bonchev–Trinajstić information content (AvgIpc) is 1.97. The van der Waals surface area contributed by atoms with Gasteiger partial charge in [0.05, 0.1) is 6.61 Å². The van der Waals surface area contributed by atoms with Crippen LogP contribution in [0.15, 0.2) is 12.2 Å². The Morgan fingerprint density at radius 1 is 1.30 bits per heavy atom. The summed E-state index contributed by atoms with van der Waals surface area (Å²) in [5, 5.41) is 7.95. The van der Waals surface area contributed by atoms with Crippen molar-refractivity contribution < 1.29 is 10.1 Å². The first-order valence-corrected chi connectivity index (χ1v) is 3.83. The standard InChI is InChI=1S/C8H16O2/c1-2-3-4-5-6-7-8-10-9/h3-4,9H,2,5-8H2,1H3/b4-3-. The van der Waals surface area contributed by atoms with Gasteiger partial charge in [-0.1, -0.05) is 19.1 Å². The summed E-state index contributed by atoms with van der Waals surface area (Å²) in [5.41, 5.74) is 0. The smallest absolute Gasteiger partial charge is 0.0819 e. The van der Waals surface area contributed by atoms with Gasteiger partial charge in [0.15, 0.2) is 0 Å². The first-order chi connectivity index (χ1) is 4.91. The van der Waals surface area contributed by atoms with Crippen molar-refractivity contribution in [3.63, 3.8) is 0 Å². The molecule has 0 amide bonds. The number of allylic oxidation sites excluding steroid dienone is 2. The first kappa shape index (κ1) is 9.66. The minimum atomic E-state index is 0.458. The molecule has 2 nitrogen and oxygen atoms in total. The second kappa shape index (κ2) is 8.66. The zero-order chi connectivity index (χ0) is 7.66. The Bertz CT molecular complexity index is 79.3. The van der Waals surface area contributed by atoms with E-state index in [0.29, 0.717) is 6.61 Å². The van der Waals surface area contributed by atoms with Crippen LogP contribution in [0.5, 0.6) is 0 Å². The molecule has 0 spiro atoms. The summed E-state index contributed by atoms with van der Waals surface area (Å²) in [6.07, 6.45) is 8.55. The number of hydrogen-bond acceptors (Lipinski definition) is 2. The summed E-state index contributed by atoms with van der Waals surface area (Å²) < 4.78 is 0. The van der Waals surface area contributed by atoms with Gasteiger partial charge in [-0.25, -0.2) is 4.89 Å². The molecule has 0 atom stereocenters. The van der Waals surface area contributed by atoms with Crippen molar-refractivity contribution in [2.45, 2.75) is 32.6 Å². The van der Waals surface area contributed by atoms with Crippen LogP contribution in [0.1, 0.15) is 32.6 Å². The van der Waals surface area contributed by atoms with Crippen molar-refractivity contribution in [1.29, 1.82) is 0 Å². The van der Waals surface area contributed by atoms with E-state index in [1.165, 1.54) is 0 Å². The topological polar surface area (TPSA) is 29.5 Å². The van der Waals surface area contributed by atoms with Crippen LogP contribution >= 0.6 is 0 Å². The first-order valence-electron chi connectivity index (χ1n) is 3.83. The maximum Gasteiger partial charge on any atom is 0.0819 e. The predicted molar refractivity (Wildman–Crippen MR) is 41.9 cm³/mol. The molecule has 60 valence electrons. The number of hydrogen-bond donors (Lipinski definition) is 1. The fraction of sp³-hybridized carbons (Fsp3) is 0.750. The van der Waals surface area contributed by atoms with Crippen LogP contribution in [0.2, 0.25) is 0 Å². The van der Waals surface area contributed by atoms with Gasteiger partial charge in [0.1, 0.15) is 0 Å². The predicted octanol–water partition coefficient (Wildman–Crippen LogP) is 2.61. The van der Waals surface area contributed by atoms with Crippen molar-refractivity contribution in [3.8, 4) is 0 Å². The van der Waals surface area contributed by atoms with Crippen LogP contribution in [-0.4, -0.2) is 11.9 Å². The van der Waals surface area contributed by atoms with Crippen molar-refractivity contribution in [2.75, 3.05) is 6.61 Å². The van der Waals surface area contributed by atoms with Crippen LogP contribution in [0.4, 0.5) is 0 Å². The molecule has 2 heteroatoms. The number of rotatable bonds is 6. The molecule has 0 aromatic rings. The van der Waals surface area contributed by atoms with E-state index in [2.05, 4.69) is 24.0 Å². The zero-order valence-electron chi connectivity index (χ0n) is 6.55. The molecule has 0 unspecified atom stereocenters. The van der Waals surface area contributed by atoms with Gasteiger partial charge in [0.2, 0.25) is 0 Å². The second-order valence-corrected chi connectivity index (χ2v) is 2.21. The maximum absolute atomic E-state index is 7.95. The molecule has 0 radical (unpaired) electrons. The maximum atomic E-state index is 7.95. The lowest BCUT2D eigenvalue weighted by atomic mass is 10.2. The summed E-state index contributed by atoms with van der Waals surface area (Å²) in [7, 11) is 0. The molecule has 0 aromatic carbocycles. The van der Waals surface area contributed by atoms with Crippen LogP contribution < -0.4 is 0 Å². The van der Waals surface area contributed by atoms with Crippen molar-refractivity contribution in [2.24, 2.45) is 0 Å². The highest BCUT2D eigenvalue weighted by molar-refractivity contribution is 4.79. The molecular weight excluding hydrogens is 128 g/mol. The van der Waals surface area contributed by atoms with Gasteiger partial charge < -0.3 is 0 Å². The second-order valence-electron chi connectivity index (χ2n) is 2.21. The van der Waals surface area contributed by atoms with Crippen LogP contribution in [0.25, 0.3) is 0 Å². The lowest BCUT2D eigenvalue weighted by Gasteiger charge is -1.92. The molecule has 0 heterocycles. The molecule has 0 rings (SSSR count). The molecule has 0 fully saturated rings. The van der Waals surface area contributed by atoms with E-state index in [9.17, 15) is 0 Å². The average molecular weight is 144 g/mol. The van der Waals surface area contributed by atoms with Crippen LogP contribution in [0, 0.1) is 0 Å². The van der Waals surface area contributed by atoms with E-state index in [4.69, 9.17) is 5.26 Å². The Kier molecular flexibility index (Phi) is 8.37. The van der Waals surface area contributed by atoms with E-state index in [1.807, 2.05) is 0 Å². The largest absolute Gasteiger partial charge is 0.252 e. The Hall–Kier alpha value is -0.340. The summed E-state index contributed by atoms with van der Waals surface area (Å²) >= 11 is 0. The number of unbranched alkanes of at least 4 members (excludes halogenated alkanes) is 2. The highest BCUT2D eigenvalue weighted by Gasteiger charge is 1.83. The highest BCUT2D eigenvalue weighted by atomic mass is 17.1. The summed E-state index contributed by atoms with van der Waals surface area (Å²) in [4.78, 5) is 3.92. The highest BCUT2D eigenvalue weighted by Crippen LogP contribution is 1.96. The normalized spacial score (nSPS) is 11.0. The Labute approximate surface area is 62.4 Å². The third-order valence-corrected chi connectivity index (χ3v) is 1.26. The fourth-order valence-corrected chi connectivity index (χ4v) is 0.713. The Morgan fingerprint density at radius 3 is 2.70 bits per heavy atom. The van der Waals surface area contributed by atoms with E-state index in [-0.39, 0.29) is 0 Å². The molecule has 0 saturated carbocycles. The monoisotopic (exact) mass is 144 g/mol.